The van der Waals surface area contributed by atoms with Crippen LogP contribution >= 0.6 is 11.3 Å². The maximum atomic E-state index is 12.5. The van der Waals surface area contributed by atoms with Crippen LogP contribution in [0.25, 0.3) is 21.2 Å². The largest absolute Gasteiger partial charge is 0.423 e. The second-order valence-corrected chi connectivity index (χ2v) is 8.24. The van der Waals surface area contributed by atoms with Gasteiger partial charge in [-0.1, -0.05) is 12.1 Å². The van der Waals surface area contributed by atoms with Crippen LogP contribution in [0.4, 0.5) is 0 Å². The topological polar surface area (TPSA) is 89.3 Å². The van der Waals surface area contributed by atoms with Gasteiger partial charge in [-0.05, 0) is 36.4 Å². The summed E-state index contributed by atoms with van der Waals surface area (Å²) in [7, 11) is -3.70. The van der Waals surface area contributed by atoms with E-state index in [9.17, 15) is 13.2 Å². The van der Waals surface area contributed by atoms with Crippen LogP contribution in [0.15, 0.2) is 68.7 Å². The Morgan fingerprint density at radius 1 is 1.08 bits per heavy atom. The average molecular weight is 372 g/mol. The van der Waals surface area contributed by atoms with Gasteiger partial charge in [0.2, 0.25) is 10.0 Å². The van der Waals surface area contributed by atoms with E-state index in [0.717, 1.165) is 10.2 Å². The molecule has 0 unspecified atom stereocenters. The van der Waals surface area contributed by atoms with Crippen molar-refractivity contribution < 1.29 is 12.8 Å². The molecule has 0 aliphatic heterocycles. The van der Waals surface area contributed by atoms with Gasteiger partial charge in [0.15, 0.2) is 0 Å². The van der Waals surface area contributed by atoms with Gasteiger partial charge in [-0.3, -0.25) is 0 Å². The van der Waals surface area contributed by atoms with E-state index in [2.05, 4.69) is 9.71 Å². The Morgan fingerprint density at radius 3 is 2.76 bits per heavy atom. The van der Waals surface area contributed by atoms with E-state index in [0.29, 0.717) is 16.0 Å². The van der Waals surface area contributed by atoms with Crippen molar-refractivity contribution in [3.8, 4) is 0 Å². The molecule has 0 saturated carbocycles. The smallest absolute Gasteiger partial charge is 0.336 e. The molecule has 0 atom stereocenters. The van der Waals surface area contributed by atoms with Crippen LogP contribution in [0.2, 0.25) is 0 Å². The van der Waals surface area contributed by atoms with Crippen LogP contribution in [0, 0.1) is 0 Å². The summed E-state index contributed by atoms with van der Waals surface area (Å²) in [6.07, 6.45) is 0. The van der Waals surface area contributed by atoms with Crippen molar-refractivity contribution in [2.24, 2.45) is 0 Å². The zero-order valence-electron chi connectivity index (χ0n) is 12.8. The van der Waals surface area contributed by atoms with Crippen LogP contribution in [-0.4, -0.2) is 13.4 Å². The molecule has 4 rings (SSSR count). The monoisotopic (exact) mass is 372 g/mol. The van der Waals surface area contributed by atoms with E-state index in [-0.39, 0.29) is 11.4 Å². The van der Waals surface area contributed by atoms with Gasteiger partial charge in [-0.15, -0.1) is 11.3 Å². The van der Waals surface area contributed by atoms with E-state index in [4.69, 9.17) is 4.42 Å². The molecule has 2 aromatic heterocycles. The summed E-state index contributed by atoms with van der Waals surface area (Å²) in [6, 6.07) is 14.8. The molecule has 0 amide bonds. The SMILES string of the molecule is O=c1ccc2cc(S(=O)(=O)NCc3nc4ccccc4s3)ccc2o1. The lowest BCUT2D eigenvalue weighted by Gasteiger charge is -2.06. The van der Waals surface area contributed by atoms with Crippen molar-refractivity contribution >= 4 is 42.5 Å². The minimum atomic E-state index is -3.70. The summed E-state index contributed by atoms with van der Waals surface area (Å²) >= 11 is 1.45. The Morgan fingerprint density at radius 2 is 1.92 bits per heavy atom. The third kappa shape index (κ3) is 3.19. The molecular weight excluding hydrogens is 360 g/mol. The van der Waals surface area contributed by atoms with Gasteiger partial charge in [0, 0.05) is 11.5 Å². The van der Waals surface area contributed by atoms with Crippen LogP contribution in [0.3, 0.4) is 0 Å². The summed E-state index contributed by atoms with van der Waals surface area (Å²) in [5.41, 5.74) is 0.720. The molecule has 126 valence electrons. The van der Waals surface area contributed by atoms with E-state index < -0.39 is 15.6 Å². The molecule has 2 heterocycles. The predicted molar refractivity (Wildman–Crippen MR) is 96.1 cm³/mol. The van der Waals surface area contributed by atoms with Crippen LogP contribution in [-0.2, 0) is 16.6 Å². The second kappa shape index (κ2) is 6.07. The minimum absolute atomic E-state index is 0.106. The number of hydrogen-bond acceptors (Lipinski definition) is 6. The number of fused-ring (bicyclic) bond motifs is 2. The molecule has 1 N–H and O–H groups in total. The lowest BCUT2D eigenvalue weighted by molar-refractivity contribution is 0.560. The van der Waals surface area contributed by atoms with Crippen LogP contribution in [0.5, 0.6) is 0 Å². The molecule has 0 radical (unpaired) electrons. The number of thiazole rings is 1. The van der Waals surface area contributed by atoms with Gasteiger partial charge in [-0.2, -0.15) is 0 Å². The fourth-order valence-corrected chi connectivity index (χ4v) is 4.47. The van der Waals surface area contributed by atoms with Gasteiger partial charge in [0.05, 0.1) is 21.7 Å². The Kier molecular flexibility index (Phi) is 3.87. The molecule has 0 bridgehead atoms. The summed E-state index contributed by atoms with van der Waals surface area (Å²) in [4.78, 5) is 15.7. The fourth-order valence-electron chi connectivity index (χ4n) is 2.45. The first-order valence-electron chi connectivity index (χ1n) is 7.39. The average Bonchev–Trinajstić information content (AvgIpc) is 3.02. The molecular formula is C17H12N2O4S2. The van der Waals surface area contributed by atoms with Crippen LogP contribution in [0.1, 0.15) is 5.01 Å². The molecule has 4 aromatic rings. The van der Waals surface area contributed by atoms with E-state index >= 15 is 0 Å². The van der Waals surface area contributed by atoms with Gasteiger partial charge < -0.3 is 4.42 Å². The zero-order valence-corrected chi connectivity index (χ0v) is 14.4. The standard InChI is InChI=1S/C17H12N2O4S2/c20-17-8-5-11-9-12(6-7-14(11)23-17)25(21,22)18-10-16-19-13-3-1-2-4-15(13)24-16/h1-9,18H,10H2. The quantitative estimate of drug-likeness (QED) is 0.557. The highest BCUT2D eigenvalue weighted by atomic mass is 32.2. The minimum Gasteiger partial charge on any atom is -0.423 e. The van der Waals surface area contributed by atoms with Gasteiger partial charge >= 0.3 is 5.63 Å². The van der Waals surface area contributed by atoms with E-state index in [1.54, 1.807) is 0 Å². The first-order chi connectivity index (χ1) is 12.0. The zero-order chi connectivity index (χ0) is 17.4. The van der Waals surface area contributed by atoms with Crippen molar-refractivity contribution in [3.05, 3.63) is 70.0 Å². The normalized spacial score (nSPS) is 12.0. The van der Waals surface area contributed by atoms with Gasteiger partial charge in [0.1, 0.15) is 10.6 Å². The van der Waals surface area contributed by atoms with Gasteiger partial charge in [-0.25, -0.2) is 22.9 Å². The number of benzene rings is 2. The molecule has 0 fully saturated rings. The van der Waals surface area contributed by atoms with E-state index in [1.807, 2.05) is 24.3 Å². The molecule has 6 nitrogen and oxygen atoms in total. The summed E-state index contributed by atoms with van der Waals surface area (Å²) < 4.78 is 33.6. The van der Waals surface area contributed by atoms with Crippen molar-refractivity contribution in [2.45, 2.75) is 11.4 Å². The maximum Gasteiger partial charge on any atom is 0.336 e. The highest BCUT2D eigenvalue weighted by Gasteiger charge is 2.16. The summed E-state index contributed by atoms with van der Waals surface area (Å²) in [6.45, 7) is 0.115. The Balaban J connectivity index is 1.60. The van der Waals surface area contributed by atoms with Crippen molar-refractivity contribution in [1.29, 1.82) is 0 Å². The first-order valence-corrected chi connectivity index (χ1v) is 9.69. The Labute approximate surface area is 146 Å². The molecule has 25 heavy (non-hydrogen) atoms. The predicted octanol–water partition coefficient (Wildman–Crippen LogP) is 2.88. The molecule has 0 aliphatic carbocycles. The highest BCUT2D eigenvalue weighted by Crippen LogP contribution is 2.22. The number of sulfonamides is 1. The number of nitrogens with one attached hydrogen (secondary N) is 1. The van der Waals surface area contributed by atoms with Gasteiger partial charge in [0.25, 0.3) is 0 Å². The Hall–Kier alpha value is -2.55. The first kappa shape index (κ1) is 15.9. The number of hydrogen-bond donors (Lipinski definition) is 1. The number of para-hydroxylation sites is 1. The molecule has 8 heteroatoms. The fraction of sp³-hybridized carbons (Fsp3) is 0.0588. The number of rotatable bonds is 4. The third-order valence-electron chi connectivity index (χ3n) is 3.65. The lowest BCUT2D eigenvalue weighted by atomic mass is 10.2. The Bertz CT molecular complexity index is 1210. The maximum absolute atomic E-state index is 12.5. The molecule has 0 aliphatic rings. The number of aromatic nitrogens is 1. The highest BCUT2D eigenvalue weighted by molar-refractivity contribution is 7.89. The summed E-state index contributed by atoms with van der Waals surface area (Å²) in [5.74, 6) is 0. The van der Waals surface area contributed by atoms with Crippen molar-refractivity contribution in [2.75, 3.05) is 0 Å². The molecule has 2 aromatic carbocycles. The lowest BCUT2D eigenvalue weighted by Crippen LogP contribution is -2.23. The van der Waals surface area contributed by atoms with Crippen molar-refractivity contribution in [1.82, 2.24) is 9.71 Å². The third-order valence-corrected chi connectivity index (χ3v) is 6.09. The second-order valence-electron chi connectivity index (χ2n) is 5.35. The number of nitrogens with zero attached hydrogens (tertiary/aromatic N) is 1. The molecule has 0 saturated heterocycles. The molecule has 0 spiro atoms. The van der Waals surface area contributed by atoms with Crippen LogP contribution < -0.4 is 10.3 Å². The summed E-state index contributed by atoms with van der Waals surface area (Å²) in [5, 5.41) is 1.24. The van der Waals surface area contributed by atoms with E-state index in [1.165, 1.54) is 41.7 Å². The van der Waals surface area contributed by atoms with Crippen molar-refractivity contribution in [3.63, 3.8) is 0 Å².